The lowest BCUT2D eigenvalue weighted by molar-refractivity contribution is 0.479. The summed E-state index contributed by atoms with van der Waals surface area (Å²) in [7, 11) is -8.18. The van der Waals surface area contributed by atoms with Gasteiger partial charge in [0.2, 0.25) is 0 Å². The standard InChI is InChI=1S/C32H35NO7S3/c1-4-23(20-31-33(14-8-16-43(37,38)39)27-17-21(2)22(3)18-30(27)41-31)19-29-26(11-7-15-42(34,35)36)32-25-10-6-5-9-24(25)12-13-28(32)40-29/h5-6,9-10,12-13,17-20H,4,7-8,11,14-16H2,1-3H3,(H,34,35,36)(H,37,38,39)/b23-19-,31-20+. The van der Waals surface area contributed by atoms with Gasteiger partial charge in [-0.3, -0.25) is 9.11 Å². The van der Waals surface area contributed by atoms with E-state index in [1.807, 2.05) is 56.3 Å². The summed E-state index contributed by atoms with van der Waals surface area (Å²) in [5, 5.41) is 3.94. The molecule has 1 aliphatic rings. The first-order valence-electron chi connectivity index (χ1n) is 14.2. The van der Waals surface area contributed by atoms with Crippen LogP contribution in [0.5, 0.6) is 0 Å². The van der Waals surface area contributed by atoms with Gasteiger partial charge < -0.3 is 9.32 Å². The van der Waals surface area contributed by atoms with E-state index in [9.17, 15) is 25.9 Å². The van der Waals surface area contributed by atoms with Gasteiger partial charge in [-0.2, -0.15) is 16.8 Å². The Morgan fingerprint density at radius 2 is 1.65 bits per heavy atom. The summed E-state index contributed by atoms with van der Waals surface area (Å²) < 4.78 is 70.9. The van der Waals surface area contributed by atoms with Gasteiger partial charge in [0.1, 0.15) is 11.3 Å². The molecule has 43 heavy (non-hydrogen) atoms. The molecule has 0 fully saturated rings. The summed E-state index contributed by atoms with van der Waals surface area (Å²) >= 11 is 1.62. The molecular formula is C32H35NO7S3. The minimum absolute atomic E-state index is 0.242. The summed E-state index contributed by atoms with van der Waals surface area (Å²) in [5.74, 6) is -0.0248. The third-order valence-corrected chi connectivity index (χ3v) is 10.4. The van der Waals surface area contributed by atoms with Crippen molar-refractivity contribution >= 4 is 65.5 Å². The third-order valence-electron chi connectivity index (χ3n) is 7.70. The Morgan fingerprint density at radius 1 is 0.953 bits per heavy atom. The Morgan fingerprint density at radius 3 is 2.37 bits per heavy atom. The molecule has 228 valence electrons. The normalized spacial score (nSPS) is 15.2. The molecule has 0 unspecified atom stereocenters. The maximum absolute atomic E-state index is 11.5. The molecular weight excluding hydrogens is 607 g/mol. The summed E-state index contributed by atoms with van der Waals surface area (Å²) in [6.45, 7) is 6.57. The number of nitrogens with zero attached hydrogens (tertiary/aromatic N) is 1. The van der Waals surface area contributed by atoms with Crippen molar-refractivity contribution in [3.8, 4) is 0 Å². The number of fused-ring (bicyclic) bond motifs is 4. The Hall–Kier alpha value is -3.09. The highest BCUT2D eigenvalue weighted by molar-refractivity contribution is 8.03. The van der Waals surface area contributed by atoms with Crippen LogP contribution in [-0.4, -0.2) is 44.0 Å². The smallest absolute Gasteiger partial charge is 0.264 e. The zero-order valence-corrected chi connectivity index (χ0v) is 26.8. The van der Waals surface area contributed by atoms with Gasteiger partial charge in [0.25, 0.3) is 20.2 Å². The Bertz CT molecular complexity index is 1970. The second-order valence-electron chi connectivity index (χ2n) is 10.8. The molecule has 0 amide bonds. The number of rotatable bonds is 11. The van der Waals surface area contributed by atoms with Crippen molar-refractivity contribution in [2.75, 3.05) is 23.0 Å². The van der Waals surface area contributed by atoms with Crippen LogP contribution in [0.3, 0.4) is 0 Å². The van der Waals surface area contributed by atoms with E-state index in [2.05, 4.69) is 30.0 Å². The molecule has 11 heteroatoms. The number of anilines is 1. The van der Waals surface area contributed by atoms with Gasteiger partial charge >= 0.3 is 0 Å². The molecule has 2 N–H and O–H groups in total. The van der Waals surface area contributed by atoms with Crippen molar-refractivity contribution in [2.24, 2.45) is 0 Å². The second kappa shape index (κ2) is 12.5. The summed E-state index contributed by atoms with van der Waals surface area (Å²) in [6.07, 6.45) is 5.66. The highest BCUT2D eigenvalue weighted by Gasteiger charge is 2.26. The van der Waals surface area contributed by atoms with Crippen molar-refractivity contribution in [3.63, 3.8) is 0 Å². The van der Waals surface area contributed by atoms with Gasteiger partial charge in [-0.25, -0.2) is 0 Å². The molecule has 1 aromatic heterocycles. The monoisotopic (exact) mass is 641 g/mol. The molecule has 0 bridgehead atoms. The van der Waals surface area contributed by atoms with Crippen LogP contribution in [0.1, 0.15) is 48.6 Å². The first-order chi connectivity index (χ1) is 20.3. The summed E-state index contributed by atoms with van der Waals surface area (Å²) in [4.78, 5) is 3.18. The van der Waals surface area contributed by atoms with E-state index in [-0.39, 0.29) is 24.3 Å². The molecule has 0 saturated heterocycles. The minimum atomic E-state index is -4.10. The highest BCUT2D eigenvalue weighted by Crippen LogP contribution is 2.48. The van der Waals surface area contributed by atoms with Gasteiger partial charge in [0.15, 0.2) is 0 Å². The Labute approximate surface area is 257 Å². The maximum atomic E-state index is 11.5. The summed E-state index contributed by atoms with van der Waals surface area (Å²) in [5.41, 5.74) is 5.87. The molecule has 8 nitrogen and oxygen atoms in total. The molecule has 0 radical (unpaired) electrons. The minimum Gasteiger partial charge on any atom is -0.456 e. The molecule has 0 saturated carbocycles. The van der Waals surface area contributed by atoms with Gasteiger partial charge in [-0.05, 0) is 97.4 Å². The van der Waals surface area contributed by atoms with E-state index < -0.39 is 20.2 Å². The average Bonchev–Trinajstić information content (AvgIpc) is 3.44. The number of thioether (sulfide) groups is 1. The fourth-order valence-electron chi connectivity index (χ4n) is 5.42. The van der Waals surface area contributed by atoms with Crippen LogP contribution in [0, 0.1) is 13.8 Å². The van der Waals surface area contributed by atoms with E-state index in [1.165, 1.54) is 5.56 Å². The van der Waals surface area contributed by atoms with Crippen LogP contribution in [0.2, 0.25) is 0 Å². The van der Waals surface area contributed by atoms with Crippen LogP contribution in [-0.2, 0) is 26.7 Å². The molecule has 0 atom stereocenters. The van der Waals surface area contributed by atoms with Crippen LogP contribution in [0.25, 0.3) is 27.8 Å². The number of furan rings is 1. The van der Waals surface area contributed by atoms with Crippen LogP contribution >= 0.6 is 11.8 Å². The third kappa shape index (κ3) is 7.35. The first kappa shape index (κ1) is 31.3. The summed E-state index contributed by atoms with van der Waals surface area (Å²) in [6, 6.07) is 16.2. The fourth-order valence-corrected chi connectivity index (χ4v) is 7.66. The van der Waals surface area contributed by atoms with Crippen LogP contribution < -0.4 is 4.90 Å². The fraction of sp³-hybridized carbons (Fsp3) is 0.312. The SMILES string of the molecule is CCC(=C/c1oc2ccc3ccccc3c2c1CCCS(=O)(=O)O)/C=C1/Sc2cc(C)c(C)cc2N1CCCS(=O)(=O)O. The van der Waals surface area contributed by atoms with E-state index in [0.29, 0.717) is 30.7 Å². The molecule has 4 aromatic rings. The van der Waals surface area contributed by atoms with Crippen molar-refractivity contribution < 1.29 is 30.4 Å². The largest absolute Gasteiger partial charge is 0.456 e. The Kier molecular flexibility index (Phi) is 9.10. The number of hydrogen-bond acceptors (Lipinski definition) is 7. The van der Waals surface area contributed by atoms with Crippen LogP contribution in [0.4, 0.5) is 5.69 Å². The number of hydrogen-bond donors (Lipinski definition) is 2. The molecule has 5 rings (SSSR count). The van der Waals surface area contributed by atoms with Gasteiger partial charge in [0.05, 0.1) is 22.2 Å². The number of allylic oxidation sites excluding steroid dienone is 2. The first-order valence-corrected chi connectivity index (χ1v) is 18.2. The highest BCUT2D eigenvalue weighted by atomic mass is 32.2. The zero-order valence-electron chi connectivity index (χ0n) is 24.3. The van der Waals surface area contributed by atoms with Crippen LogP contribution in [0.15, 0.2) is 74.5 Å². The lowest BCUT2D eigenvalue weighted by Crippen LogP contribution is -2.21. The van der Waals surface area contributed by atoms with Gasteiger partial charge in [0, 0.05) is 22.4 Å². The predicted octanol–water partition coefficient (Wildman–Crippen LogP) is 7.55. The molecule has 1 aliphatic heterocycles. The van der Waals surface area contributed by atoms with E-state index in [0.717, 1.165) is 48.5 Å². The van der Waals surface area contributed by atoms with Crippen molar-refractivity contribution in [1.82, 2.24) is 0 Å². The van der Waals surface area contributed by atoms with Gasteiger partial charge in [-0.1, -0.05) is 49.0 Å². The number of benzene rings is 3. The van der Waals surface area contributed by atoms with E-state index in [4.69, 9.17) is 4.42 Å². The van der Waals surface area contributed by atoms with Crippen molar-refractivity contribution in [2.45, 2.75) is 51.3 Å². The van der Waals surface area contributed by atoms with E-state index in [1.54, 1.807) is 11.8 Å². The van der Waals surface area contributed by atoms with E-state index >= 15 is 0 Å². The second-order valence-corrected chi connectivity index (χ2v) is 15.1. The molecule has 3 aromatic carbocycles. The van der Waals surface area contributed by atoms with Gasteiger partial charge in [-0.15, -0.1) is 0 Å². The topological polar surface area (TPSA) is 125 Å². The lowest BCUT2D eigenvalue weighted by atomic mass is 9.99. The number of aryl methyl sites for hydroxylation is 3. The maximum Gasteiger partial charge on any atom is 0.264 e. The van der Waals surface area contributed by atoms with Crippen molar-refractivity contribution in [3.05, 3.63) is 87.7 Å². The molecule has 2 heterocycles. The molecule has 0 spiro atoms. The average molecular weight is 642 g/mol. The quantitative estimate of drug-likeness (QED) is 0.160. The lowest BCUT2D eigenvalue weighted by Gasteiger charge is -2.21. The molecule has 0 aliphatic carbocycles. The zero-order chi connectivity index (χ0) is 30.9. The predicted molar refractivity (Wildman–Crippen MR) is 175 cm³/mol. The Balaban J connectivity index is 1.58. The van der Waals surface area contributed by atoms with Crippen molar-refractivity contribution in [1.29, 1.82) is 0 Å².